The third kappa shape index (κ3) is 4.62. The van der Waals surface area contributed by atoms with Gasteiger partial charge in [0.1, 0.15) is 11.5 Å². The van der Waals surface area contributed by atoms with Crippen LogP contribution in [0.5, 0.6) is 11.5 Å². The van der Waals surface area contributed by atoms with Crippen LogP contribution >= 0.6 is 15.9 Å². The van der Waals surface area contributed by atoms with Crippen molar-refractivity contribution in [3.63, 3.8) is 0 Å². The van der Waals surface area contributed by atoms with Crippen molar-refractivity contribution in [1.82, 2.24) is 0 Å². The first-order valence-electron chi connectivity index (χ1n) is 6.78. The van der Waals surface area contributed by atoms with Gasteiger partial charge in [0.2, 0.25) is 10.0 Å². The van der Waals surface area contributed by atoms with E-state index in [0.717, 1.165) is 10.0 Å². The third-order valence-corrected chi connectivity index (χ3v) is 4.92. The molecule has 0 atom stereocenters. The molecule has 0 aliphatic carbocycles. The monoisotopic (exact) mass is 399 g/mol. The first kappa shape index (κ1) is 17.6. The molecule has 0 saturated heterocycles. The predicted molar refractivity (Wildman–Crippen MR) is 94.7 cm³/mol. The number of hydrogen-bond donors (Lipinski definition) is 0. The molecule has 124 valence electrons. The summed E-state index contributed by atoms with van der Waals surface area (Å²) in [6, 6.07) is 12.4. The zero-order chi connectivity index (χ0) is 17.0. The van der Waals surface area contributed by atoms with Gasteiger partial charge in [0, 0.05) is 10.5 Å². The first-order valence-corrected chi connectivity index (χ1v) is 9.43. The molecule has 2 aromatic rings. The van der Waals surface area contributed by atoms with Crippen LogP contribution in [-0.2, 0) is 16.6 Å². The number of nitrogens with zero attached hydrogens (tertiary/aromatic N) is 1. The van der Waals surface area contributed by atoms with Crippen molar-refractivity contribution in [2.75, 3.05) is 24.8 Å². The van der Waals surface area contributed by atoms with Crippen LogP contribution in [0.15, 0.2) is 46.9 Å². The molecule has 0 spiro atoms. The van der Waals surface area contributed by atoms with Crippen LogP contribution in [0.1, 0.15) is 5.56 Å². The molecule has 2 rings (SSSR count). The van der Waals surface area contributed by atoms with E-state index in [4.69, 9.17) is 9.47 Å². The van der Waals surface area contributed by atoms with Gasteiger partial charge in [-0.1, -0.05) is 15.9 Å². The lowest BCUT2D eigenvalue weighted by Crippen LogP contribution is -2.29. The van der Waals surface area contributed by atoms with Gasteiger partial charge in [-0.05, 0) is 42.0 Å². The fourth-order valence-electron chi connectivity index (χ4n) is 2.13. The van der Waals surface area contributed by atoms with Crippen LogP contribution in [-0.4, -0.2) is 28.9 Å². The number of rotatable bonds is 6. The Balaban J connectivity index is 2.41. The molecule has 0 bridgehead atoms. The maximum absolute atomic E-state index is 12.2. The Bertz CT molecular complexity index is 753. The summed E-state index contributed by atoms with van der Waals surface area (Å²) in [6.45, 7) is 0.189. The van der Waals surface area contributed by atoms with E-state index >= 15 is 0 Å². The lowest BCUT2D eigenvalue weighted by molar-refractivity contribution is 0.393. The lowest BCUT2D eigenvalue weighted by atomic mass is 10.2. The van der Waals surface area contributed by atoms with Crippen LogP contribution < -0.4 is 13.8 Å². The molecule has 0 N–H and O–H groups in total. The summed E-state index contributed by atoms with van der Waals surface area (Å²) < 4.78 is 37.1. The molecule has 0 fully saturated rings. The Labute approximate surface area is 145 Å². The van der Waals surface area contributed by atoms with Gasteiger partial charge in [-0.3, -0.25) is 4.31 Å². The third-order valence-electron chi connectivity index (χ3n) is 3.25. The molecule has 23 heavy (non-hydrogen) atoms. The molecule has 0 aliphatic heterocycles. The summed E-state index contributed by atoms with van der Waals surface area (Å²) in [5.74, 6) is 1.23. The van der Waals surface area contributed by atoms with Crippen molar-refractivity contribution in [3.05, 3.63) is 52.5 Å². The lowest BCUT2D eigenvalue weighted by Gasteiger charge is -2.23. The second-order valence-corrected chi connectivity index (χ2v) is 7.79. The summed E-state index contributed by atoms with van der Waals surface area (Å²) in [7, 11) is -0.317. The van der Waals surface area contributed by atoms with E-state index in [2.05, 4.69) is 15.9 Å². The number of sulfonamides is 1. The van der Waals surface area contributed by atoms with Crippen molar-refractivity contribution >= 4 is 31.6 Å². The van der Waals surface area contributed by atoms with E-state index < -0.39 is 10.0 Å². The summed E-state index contributed by atoms with van der Waals surface area (Å²) in [5, 5.41) is 0. The Morgan fingerprint density at radius 2 is 1.52 bits per heavy atom. The minimum atomic E-state index is -3.43. The Morgan fingerprint density at radius 3 is 1.96 bits per heavy atom. The predicted octanol–water partition coefficient (Wildman–Crippen LogP) is 3.43. The maximum atomic E-state index is 12.2. The SMILES string of the molecule is COc1cc(CN(c2ccc(Br)cc2)S(C)(=O)=O)cc(OC)c1. The molecular weight excluding hydrogens is 382 g/mol. The molecule has 7 heteroatoms. The molecule has 2 aromatic carbocycles. The Morgan fingerprint density at radius 1 is 1.00 bits per heavy atom. The highest BCUT2D eigenvalue weighted by Crippen LogP contribution is 2.27. The topological polar surface area (TPSA) is 55.8 Å². The highest BCUT2D eigenvalue weighted by molar-refractivity contribution is 9.10. The molecule has 0 saturated carbocycles. The zero-order valence-corrected chi connectivity index (χ0v) is 15.5. The highest BCUT2D eigenvalue weighted by atomic mass is 79.9. The number of benzene rings is 2. The van der Waals surface area contributed by atoms with Crippen LogP contribution in [0, 0.1) is 0 Å². The van der Waals surface area contributed by atoms with Crippen LogP contribution in [0.25, 0.3) is 0 Å². The number of halogens is 1. The molecule has 0 amide bonds. The summed E-state index contributed by atoms with van der Waals surface area (Å²) in [5.41, 5.74) is 1.37. The van der Waals surface area contributed by atoms with Gasteiger partial charge in [0.05, 0.1) is 32.7 Å². The van der Waals surface area contributed by atoms with E-state index in [-0.39, 0.29) is 6.54 Å². The van der Waals surface area contributed by atoms with Crippen molar-refractivity contribution in [3.8, 4) is 11.5 Å². The summed E-state index contributed by atoms with van der Waals surface area (Å²) in [6.07, 6.45) is 1.19. The fraction of sp³-hybridized carbons (Fsp3) is 0.250. The van der Waals surface area contributed by atoms with Gasteiger partial charge in [-0.25, -0.2) is 8.42 Å². The Kier molecular flexibility index (Phi) is 5.54. The number of methoxy groups -OCH3 is 2. The number of hydrogen-bond acceptors (Lipinski definition) is 4. The van der Waals surface area contributed by atoms with Crippen molar-refractivity contribution in [2.24, 2.45) is 0 Å². The highest BCUT2D eigenvalue weighted by Gasteiger charge is 2.18. The van der Waals surface area contributed by atoms with Crippen molar-refractivity contribution in [2.45, 2.75) is 6.54 Å². The average Bonchev–Trinajstić information content (AvgIpc) is 2.52. The van der Waals surface area contributed by atoms with E-state index in [1.807, 2.05) is 0 Å². The van der Waals surface area contributed by atoms with E-state index in [9.17, 15) is 8.42 Å². The Hall–Kier alpha value is -1.73. The van der Waals surface area contributed by atoms with Crippen molar-refractivity contribution in [1.29, 1.82) is 0 Å². The summed E-state index contributed by atoms with van der Waals surface area (Å²) in [4.78, 5) is 0. The van der Waals surface area contributed by atoms with Gasteiger partial charge < -0.3 is 9.47 Å². The quantitative estimate of drug-likeness (QED) is 0.746. The van der Waals surface area contributed by atoms with Gasteiger partial charge in [-0.15, -0.1) is 0 Å². The number of ether oxygens (including phenoxy) is 2. The molecule has 0 radical (unpaired) electrons. The first-order chi connectivity index (χ1) is 10.8. The standard InChI is InChI=1S/C16H18BrNO4S/c1-21-15-8-12(9-16(10-15)22-2)11-18(23(3,19)20)14-6-4-13(17)5-7-14/h4-10H,11H2,1-3H3. The molecule has 0 unspecified atom stereocenters. The molecule has 5 nitrogen and oxygen atoms in total. The van der Waals surface area contributed by atoms with Gasteiger partial charge in [0.25, 0.3) is 0 Å². The van der Waals surface area contributed by atoms with Gasteiger partial charge in [0.15, 0.2) is 0 Å². The normalized spacial score (nSPS) is 11.1. The number of anilines is 1. The molecule has 0 aliphatic rings. The van der Waals surface area contributed by atoms with Crippen LogP contribution in [0.4, 0.5) is 5.69 Å². The largest absolute Gasteiger partial charge is 0.497 e. The van der Waals surface area contributed by atoms with E-state index in [0.29, 0.717) is 17.2 Å². The maximum Gasteiger partial charge on any atom is 0.232 e. The molecule has 0 aromatic heterocycles. The minimum Gasteiger partial charge on any atom is -0.497 e. The van der Waals surface area contributed by atoms with Crippen LogP contribution in [0.3, 0.4) is 0 Å². The van der Waals surface area contributed by atoms with Gasteiger partial charge in [-0.2, -0.15) is 0 Å². The second kappa shape index (κ2) is 7.23. The smallest absolute Gasteiger partial charge is 0.232 e. The second-order valence-electron chi connectivity index (χ2n) is 4.97. The van der Waals surface area contributed by atoms with Gasteiger partial charge >= 0.3 is 0 Å². The van der Waals surface area contributed by atoms with Crippen LogP contribution in [0.2, 0.25) is 0 Å². The zero-order valence-electron chi connectivity index (χ0n) is 13.1. The van der Waals surface area contributed by atoms with E-state index in [1.165, 1.54) is 10.6 Å². The molecule has 0 heterocycles. The van der Waals surface area contributed by atoms with E-state index in [1.54, 1.807) is 56.7 Å². The molecular formula is C16H18BrNO4S. The van der Waals surface area contributed by atoms with Crippen molar-refractivity contribution < 1.29 is 17.9 Å². The minimum absolute atomic E-state index is 0.189. The fourth-order valence-corrected chi connectivity index (χ4v) is 3.28. The summed E-state index contributed by atoms with van der Waals surface area (Å²) >= 11 is 3.35. The average molecular weight is 400 g/mol.